The molecule has 0 radical (unpaired) electrons. The molecule has 1 atom stereocenters. The molecule has 0 aliphatic rings. The van der Waals surface area contributed by atoms with E-state index in [0.29, 0.717) is 17.3 Å². The Hall–Kier alpha value is -4.07. The minimum absolute atomic E-state index is 0.131. The second-order valence-corrected chi connectivity index (χ2v) is 7.20. The average Bonchev–Trinajstić information content (AvgIpc) is 2.77. The van der Waals surface area contributed by atoms with Gasteiger partial charge < -0.3 is 15.3 Å². The summed E-state index contributed by atoms with van der Waals surface area (Å²) < 4.78 is 26.6. The zero-order valence-corrected chi connectivity index (χ0v) is 17.3. The van der Waals surface area contributed by atoms with Crippen LogP contribution in [0.25, 0.3) is 11.1 Å². The van der Waals surface area contributed by atoms with E-state index in [1.807, 2.05) is 0 Å². The van der Waals surface area contributed by atoms with Crippen molar-refractivity contribution < 1.29 is 28.3 Å². The predicted molar refractivity (Wildman–Crippen MR) is 115 cm³/mol. The Morgan fingerprint density at radius 2 is 1.34 bits per heavy atom. The van der Waals surface area contributed by atoms with E-state index in [1.165, 1.54) is 14.0 Å². The van der Waals surface area contributed by atoms with Gasteiger partial charge in [-0.3, -0.25) is 9.59 Å². The number of nitrogens with zero attached hydrogens (tertiary/aromatic N) is 1. The van der Waals surface area contributed by atoms with Crippen LogP contribution in [-0.4, -0.2) is 40.9 Å². The number of hydrogen-bond acceptors (Lipinski definition) is 3. The maximum Gasteiger partial charge on any atom is 0.326 e. The molecule has 0 spiro atoms. The highest BCUT2D eigenvalue weighted by atomic mass is 19.1. The van der Waals surface area contributed by atoms with E-state index < -0.39 is 35.5 Å². The zero-order valence-electron chi connectivity index (χ0n) is 17.3. The molecular weight excluding hydrogens is 418 g/mol. The fourth-order valence-corrected chi connectivity index (χ4v) is 2.98. The molecule has 2 N–H and O–H groups in total. The van der Waals surface area contributed by atoms with Crippen LogP contribution in [0, 0.1) is 11.6 Å². The van der Waals surface area contributed by atoms with Gasteiger partial charge in [0.2, 0.25) is 0 Å². The third-order valence-electron chi connectivity index (χ3n) is 4.99. The Morgan fingerprint density at radius 1 is 0.844 bits per heavy atom. The molecule has 0 bridgehead atoms. The molecule has 0 unspecified atom stereocenters. The van der Waals surface area contributed by atoms with Crippen molar-refractivity contribution in [3.05, 3.63) is 89.5 Å². The van der Waals surface area contributed by atoms with Crippen LogP contribution in [0.1, 0.15) is 27.6 Å². The third-order valence-corrected chi connectivity index (χ3v) is 4.99. The number of likely N-dealkylation sites (N-methyl/N-ethyl adjacent to an activating group) is 1. The minimum atomic E-state index is -1.09. The number of nitrogens with one attached hydrogen (secondary N) is 1. The highest BCUT2D eigenvalue weighted by Crippen LogP contribution is 2.23. The molecule has 3 aromatic carbocycles. The first kappa shape index (κ1) is 22.6. The van der Waals surface area contributed by atoms with Gasteiger partial charge >= 0.3 is 5.97 Å². The van der Waals surface area contributed by atoms with Crippen LogP contribution in [0.4, 0.5) is 14.5 Å². The Labute approximate surface area is 183 Å². The monoisotopic (exact) mass is 438 g/mol. The van der Waals surface area contributed by atoms with Gasteiger partial charge in [0.15, 0.2) is 0 Å². The predicted octanol–water partition coefficient (Wildman–Crippen LogP) is 4.43. The van der Waals surface area contributed by atoms with Crippen LogP contribution in [0.15, 0.2) is 66.7 Å². The number of carbonyl (C=O) groups excluding carboxylic acids is 2. The average molecular weight is 438 g/mol. The van der Waals surface area contributed by atoms with Gasteiger partial charge in [0, 0.05) is 29.9 Å². The molecule has 164 valence electrons. The fourth-order valence-electron chi connectivity index (χ4n) is 2.98. The molecule has 6 nitrogen and oxygen atoms in total. The van der Waals surface area contributed by atoms with Crippen molar-refractivity contribution in [1.82, 2.24) is 4.90 Å². The van der Waals surface area contributed by atoms with Crippen molar-refractivity contribution in [1.29, 1.82) is 0 Å². The summed E-state index contributed by atoms with van der Waals surface area (Å²) in [6.45, 7) is 1.43. The highest BCUT2D eigenvalue weighted by molar-refractivity contribution is 6.04. The van der Waals surface area contributed by atoms with Crippen molar-refractivity contribution in [2.24, 2.45) is 0 Å². The number of anilines is 1. The van der Waals surface area contributed by atoms with E-state index in [9.17, 15) is 23.2 Å². The molecular formula is C24H20F2N2O4. The molecule has 0 aromatic heterocycles. The van der Waals surface area contributed by atoms with Crippen LogP contribution in [0.2, 0.25) is 0 Å². The number of rotatable bonds is 6. The summed E-state index contributed by atoms with van der Waals surface area (Å²) in [6.07, 6.45) is 0. The van der Waals surface area contributed by atoms with E-state index in [2.05, 4.69) is 5.32 Å². The number of carboxylic acid groups (broad SMARTS) is 1. The summed E-state index contributed by atoms with van der Waals surface area (Å²) in [6, 6.07) is 15.1. The first-order valence-corrected chi connectivity index (χ1v) is 9.63. The van der Waals surface area contributed by atoms with Crippen molar-refractivity contribution >= 4 is 23.5 Å². The lowest BCUT2D eigenvalue weighted by atomic mass is 10.0. The Balaban J connectivity index is 1.70. The number of amides is 2. The summed E-state index contributed by atoms with van der Waals surface area (Å²) in [4.78, 5) is 36.8. The number of hydrogen-bond donors (Lipinski definition) is 2. The molecule has 3 rings (SSSR count). The lowest BCUT2D eigenvalue weighted by Gasteiger charge is -2.21. The molecule has 0 aliphatic heterocycles. The molecule has 0 aliphatic carbocycles. The van der Waals surface area contributed by atoms with Crippen LogP contribution in [-0.2, 0) is 4.79 Å². The van der Waals surface area contributed by atoms with Crippen LogP contribution >= 0.6 is 0 Å². The molecule has 2 amide bonds. The number of aliphatic carboxylic acids is 1. The number of halogens is 2. The van der Waals surface area contributed by atoms with Crippen molar-refractivity contribution in [2.75, 3.05) is 12.4 Å². The van der Waals surface area contributed by atoms with Gasteiger partial charge in [-0.2, -0.15) is 0 Å². The maximum atomic E-state index is 13.3. The molecule has 0 saturated heterocycles. The Kier molecular flexibility index (Phi) is 6.63. The molecule has 0 fully saturated rings. The SMILES string of the molecule is C[C@@H](C(=O)O)N(C)C(=O)c1ccc(-c2ccc(NC(=O)c3cc(F)cc(F)c3)cc2)cc1. The van der Waals surface area contributed by atoms with Gasteiger partial charge in [-0.05, 0) is 54.4 Å². The molecule has 32 heavy (non-hydrogen) atoms. The fraction of sp³-hybridized carbons (Fsp3) is 0.125. The van der Waals surface area contributed by atoms with Gasteiger partial charge in [0.05, 0.1) is 0 Å². The van der Waals surface area contributed by atoms with Crippen LogP contribution < -0.4 is 5.32 Å². The van der Waals surface area contributed by atoms with Crippen LogP contribution in [0.5, 0.6) is 0 Å². The smallest absolute Gasteiger partial charge is 0.326 e. The van der Waals surface area contributed by atoms with Gasteiger partial charge in [-0.1, -0.05) is 24.3 Å². The number of carboxylic acids is 1. The second-order valence-electron chi connectivity index (χ2n) is 7.20. The zero-order chi connectivity index (χ0) is 23.4. The molecule has 0 heterocycles. The minimum Gasteiger partial charge on any atom is -0.480 e. The lowest BCUT2D eigenvalue weighted by molar-refractivity contribution is -0.141. The first-order valence-electron chi connectivity index (χ1n) is 9.63. The second kappa shape index (κ2) is 9.38. The van der Waals surface area contributed by atoms with Crippen molar-refractivity contribution in [2.45, 2.75) is 13.0 Å². The summed E-state index contributed by atoms with van der Waals surface area (Å²) in [5, 5.41) is 11.6. The van der Waals surface area contributed by atoms with Crippen molar-refractivity contribution in [3.63, 3.8) is 0 Å². The summed E-state index contributed by atoms with van der Waals surface area (Å²) in [7, 11) is 1.43. The van der Waals surface area contributed by atoms with E-state index >= 15 is 0 Å². The van der Waals surface area contributed by atoms with Gasteiger partial charge in [0.1, 0.15) is 17.7 Å². The maximum absolute atomic E-state index is 13.3. The van der Waals surface area contributed by atoms with Gasteiger partial charge in [0.25, 0.3) is 11.8 Å². The summed E-state index contributed by atoms with van der Waals surface area (Å²) >= 11 is 0. The van der Waals surface area contributed by atoms with E-state index in [0.717, 1.165) is 28.2 Å². The largest absolute Gasteiger partial charge is 0.480 e. The van der Waals surface area contributed by atoms with E-state index in [-0.39, 0.29) is 5.56 Å². The van der Waals surface area contributed by atoms with Crippen LogP contribution in [0.3, 0.4) is 0 Å². The number of carbonyl (C=O) groups is 3. The molecule has 0 saturated carbocycles. The van der Waals surface area contributed by atoms with E-state index in [4.69, 9.17) is 5.11 Å². The standard InChI is InChI=1S/C24H20F2N2O4/c1-14(24(31)32)28(2)23(30)17-5-3-15(4-6-17)16-7-9-21(10-8-16)27-22(29)18-11-19(25)13-20(26)12-18/h3-14H,1-2H3,(H,27,29)(H,31,32)/t14-/m0/s1. The van der Waals surface area contributed by atoms with E-state index in [1.54, 1.807) is 48.5 Å². The van der Waals surface area contributed by atoms with Gasteiger partial charge in [-0.15, -0.1) is 0 Å². The first-order chi connectivity index (χ1) is 15.2. The Morgan fingerprint density at radius 3 is 1.84 bits per heavy atom. The number of benzene rings is 3. The highest BCUT2D eigenvalue weighted by Gasteiger charge is 2.22. The molecule has 3 aromatic rings. The normalized spacial score (nSPS) is 11.5. The third kappa shape index (κ3) is 5.15. The topological polar surface area (TPSA) is 86.7 Å². The summed E-state index contributed by atoms with van der Waals surface area (Å²) in [5.74, 6) is -3.81. The molecule has 8 heteroatoms. The Bertz CT molecular complexity index is 1140. The quantitative estimate of drug-likeness (QED) is 0.596. The van der Waals surface area contributed by atoms with Gasteiger partial charge in [-0.25, -0.2) is 13.6 Å². The lowest BCUT2D eigenvalue weighted by Crippen LogP contribution is -2.40. The summed E-state index contributed by atoms with van der Waals surface area (Å²) in [5.41, 5.74) is 2.29. The van der Waals surface area contributed by atoms with Crippen molar-refractivity contribution in [3.8, 4) is 11.1 Å².